The highest BCUT2D eigenvalue weighted by Gasteiger charge is 2.31. The van der Waals surface area contributed by atoms with Crippen LogP contribution < -0.4 is 10.0 Å². The van der Waals surface area contributed by atoms with Gasteiger partial charge in [0, 0.05) is 18.7 Å². The van der Waals surface area contributed by atoms with Crippen molar-refractivity contribution < 1.29 is 13.2 Å². The van der Waals surface area contributed by atoms with Crippen molar-refractivity contribution in [3.63, 3.8) is 0 Å². The number of fused-ring (bicyclic) bond motifs is 1. The molecule has 1 aliphatic heterocycles. The lowest BCUT2D eigenvalue weighted by atomic mass is 10.1. The molecule has 2 rings (SSSR count). The monoisotopic (exact) mass is 394 g/mol. The number of nitrogens with zero attached hydrogens (tertiary/aromatic N) is 2. The maximum Gasteiger partial charge on any atom is 0.263 e. The third-order valence-electron chi connectivity index (χ3n) is 4.70. The Morgan fingerprint density at radius 1 is 1.22 bits per heavy atom. The summed E-state index contributed by atoms with van der Waals surface area (Å²) in [4.78, 5) is 19.6. The predicted molar refractivity (Wildman–Crippen MR) is 107 cm³/mol. The second-order valence-corrected chi connectivity index (χ2v) is 8.21. The first-order chi connectivity index (χ1) is 12.9. The number of hydrogen-bond donors (Lipinski definition) is 2. The first-order valence-corrected chi connectivity index (χ1v) is 11.1. The molecule has 0 aliphatic carbocycles. The standard InChI is InChI=1S/C19H30N4O3S/c1-4-7-11-16(19(24)20-13-14-23(5-2)6-3)21-18-15-10-8-9-12-17(15)27(25,26)22-18/h8-10,12,16H,4-7,11,13-14H2,1-3H3,(H,20,24)(H,21,22). The van der Waals surface area contributed by atoms with Crippen molar-refractivity contribution in [3.05, 3.63) is 29.8 Å². The summed E-state index contributed by atoms with van der Waals surface area (Å²) in [5.74, 6) is 0.0947. The number of nitrogens with one attached hydrogen (secondary N) is 2. The maximum atomic E-state index is 12.7. The smallest absolute Gasteiger partial charge is 0.263 e. The van der Waals surface area contributed by atoms with E-state index in [1.807, 2.05) is 0 Å². The van der Waals surface area contributed by atoms with Crippen molar-refractivity contribution in [2.75, 3.05) is 26.2 Å². The number of rotatable bonds is 10. The average molecular weight is 395 g/mol. The van der Waals surface area contributed by atoms with Gasteiger partial charge in [-0.25, -0.2) is 8.42 Å². The molecule has 1 aromatic rings. The molecule has 150 valence electrons. The number of unbranched alkanes of at least 4 members (excludes halogenated alkanes) is 1. The molecule has 1 aliphatic rings. The van der Waals surface area contributed by atoms with E-state index in [-0.39, 0.29) is 16.6 Å². The second kappa shape index (κ2) is 9.85. The minimum atomic E-state index is -3.60. The van der Waals surface area contributed by atoms with Crippen molar-refractivity contribution in [2.24, 2.45) is 4.99 Å². The molecule has 0 aromatic heterocycles. The van der Waals surface area contributed by atoms with Gasteiger partial charge in [-0.05, 0) is 31.6 Å². The van der Waals surface area contributed by atoms with Gasteiger partial charge in [0.2, 0.25) is 5.91 Å². The summed E-state index contributed by atoms with van der Waals surface area (Å²) in [5.41, 5.74) is 0.523. The molecule has 0 radical (unpaired) electrons. The molecular weight excluding hydrogens is 364 g/mol. The Morgan fingerprint density at radius 3 is 2.59 bits per heavy atom. The Kier molecular flexibility index (Phi) is 7.79. The molecule has 7 nitrogen and oxygen atoms in total. The van der Waals surface area contributed by atoms with Crippen LogP contribution in [0.25, 0.3) is 0 Å². The van der Waals surface area contributed by atoms with Crippen molar-refractivity contribution in [3.8, 4) is 0 Å². The van der Waals surface area contributed by atoms with E-state index in [2.05, 4.69) is 40.7 Å². The minimum Gasteiger partial charge on any atom is -0.353 e. The highest BCUT2D eigenvalue weighted by atomic mass is 32.2. The van der Waals surface area contributed by atoms with Crippen LogP contribution in [0, 0.1) is 0 Å². The first kappa shape index (κ1) is 21.4. The number of benzene rings is 1. The summed E-state index contributed by atoms with van der Waals surface area (Å²) < 4.78 is 27.0. The highest BCUT2D eigenvalue weighted by molar-refractivity contribution is 7.90. The summed E-state index contributed by atoms with van der Waals surface area (Å²) in [6.07, 6.45) is 2.37. The Labute approximate surface area is 162 Å². The number of carbonyl (C=O) groups is 1. The third-order valence-corrected chi connectivity index (χ3v) is 6.10. The van der Waals surface area contributed by atoms with E-state index in [9.17, 15) is 13.2 Å². The molecule has 0 spiro atoms. The van der Waals surface area contributed by atoms with Crippen molar-refractivity contribution in [1.82, 2.24) is 14.9 Å². The number of aliphatic imine (C=N–C) groups is 1. The molecule has 0 bridgehead atoms. The summed E-state index contributed by atoms with van der Waals surface area (Å²) in [5, 5.41) is 2.94. The number of sulfonamides is 1. The fourth-order valence-electron chi connectivity index (χ4n) is 3.03. The van der Waals surface area contributed by atoms with Crippen LogP contribution in [0.3, 0.4) is 0 Å². The lowest BCUT2D eigenvalue weighted by Crippen LogP contribution is -2.40. The highest BCUT2D eigenvalue weighted by Crippen LogP contribution is 2.23. The van der Waals surface area contributed by atoms with E-state index in [0.29, 0.717) is 18.5 Å². The average Bonchev–Trinajstić information content (AvgIpc) is 2.92. The molecular formula is C19H30N4O3S. The molecule has 1 unspecified atom stereocenters. The fraction of sp³-hybridized carbons (Fsp3) is 0.579. The molecule has 1 amide bonds. The largest absolute Gasteiger partial charge is 0.353 e. The summed E-state index contributed by atoms with van der Waals surface area (Å²) in [7, 11) is -3.60. The first-order valence-electron chi connectivity index (χ1n) is 9.63. The summed E-state index contributed by atoms with van der Waals surface area (Å²) in [6, 6.07) is 6.09. The van der Waals surface area contributed by atoms with Crippen LogP contribution in [-0.2, 0) is 14.8 Å². The molecule has 1 atom stereocenters. The predicted octanol–water partition coefficient (Wildman–Crippen LogP) is 1.74. The van der Waals surface area contributed by atoms with E-state index in [1.165, 1.54) is 0 Å². The van der Waals surface area contributed by atoms with E-state index in [1.54, 1.807) is 24.3 Å². The van der Waals surface area contributed by atoms with Crippen LogP contribution in [0.2, 0.25) is 0 Å². The Morgan fingerprint density at radius 2 is 1.93 bits per heavy atom. The number of amides is 1. The third kappa shape index (κ3) is 5.52. The SMILES string of the molecule is CCCCC(N=C1NS(=O)(=O)c2ccccc21)C(=O)NCCN(CC)CC. The molecule has 27 heavy (non-hydrogen) atoms. The van der Waals surface area contributed by atoms with Crippen LogP contribution >= 0.6 is 0 Å². The van der Waals surface area contributed by atoms with Gasteiger partial charge < -0.3 is 10.2 Å². The van der Waals surface area contributed by atoms with Crippen LogP contribution in [0.4, 0.5) is 0 Å². The van der Waals surface area contributed by atoms with Gasteiger partial charge in [-0.15, -0.1) is 0 Å². The van der Waals surface area contributed by atoms with Gasteiger partial charge in [0.1, 0.15) is 11.9 Å². The van der Waals surface area contributed by atoms with Gasteiger partial charge in [0.25, 0.3) is 10.0 Å². The molecule has 1 aromatic carbocycles. The molecule has 0 fully saturated rings. The Bertz CT molecular complexity index is 773. The summed E-state index contributed by atoms with van der Waals surface area (Å²) >= 11 is 0. The Hall–Kier alpha value is -1.93. The van der Waals surface area contributed by atoms with Gasteiger partial charge in [-0.1, -0.05) is 45.7 Å². The number of likely N-dealkylation sites (N-methyl/N-ethyl adjacent to an activating group) is 1. The van der Waals surface area contributed by atoms with Gasteiger partial charge in [-0.3, -0.25) is 14.5 Å². The summed E-state index contributed by atoms with van der Waals surface area (Å²) in [6.45, 7) is 9.44. The van der Waals surface area contributed by atoms with E-state index >= 15 is 0 Å². The lowest BCUT2D eigenvalue weighted by Gasteiger charge is -2.19. The van der Waals surface area contributed by atoms with Crippen molar-refractivity contribution >= 4 is 21.8 Å². The van der Waals surface area contributed by atoms with E-state index in [0.717, 1.165) is 32.5 Å². The van der Waals surface area contributed by atoms with Gasteiger partial charge in [0.05, 0.1) is 4.90 Å². The van der Waals surface area contributed by atoms with Gasteiger partial charge in [-0.2, -0.15) is 0 Å². The number of amidine groups is 1. The minimum absolute atomic E-state index is 0.160. The van der Waals surface area contributed by atoms with Crippen LogP contribution in [-0.4, -0.2) is 57.3 Å². The van der Waals surface area contributed by atoms with Crippen LogP contribution in [0.15, 0.2) is 34.2 Å². The molecule has 0 saturated carbocycles. The topological polar surface area (TPSA) is 90.9 Å². The van der Waals surface area contributed by atoms with Crippen molar-refractivity contribution in [1.29, 1.82) is 0 Å². The molecule has 0 saturated heterocycles. The van der Waals surface area contributed by atoms with Gasteiger partial charge in [0.15, 0.2) is 0 Å². The van der Waals surface area contributed by atoms with E-state index in [4.69, 9.17) is 0 Å². The zero-order valence-electron chi connectivity index (χ0n) is 16.4. The normalized spacial score (nSPS) is 17.6. The maximum absolute atomic E-state index is 12.7. The Balaban J connectivity index is 2.15. The molecule has 1 heterocycles. The second-order valence-electron chi connectivity index (χ2n) is 6.56. The fourth-order valence-corrected chi connectivity index (χ4v) is 4.27. The molecule has 8 heteroatoms. The van der Waals surface area contributed by atoms with E-state index < -0.39 is 16.1 Å². The lowest BCUT2D eigenvalue weighted by molar-refractivity contribution is -0.122. The van der Waals surface area contributed by atoms with Crippen molar-refractivity contribution in [2.45, 2.75) is 51.0 Å². The zero-order valence-corrected chi connectivity index (χ0v) is 17.2. The quantitative estimate of drug-likeness (QED) is 0.632. The number of carbonyl (C=O) groups excluding carboxylic acids is 1. The van der Waals surface area contributed by atoms with Crippen LogP contribution in [0.1, 0.15) is 45.6 Å². The molecule has 2 N–H and O–H groups in total. The van der Waals surface area contributed by atoms with Crippen LogP contribution in [0.5, 0.6) is 0 Å². The number of hydrogen-bond acceptors (Lipinski definition) is 5. The van der Waals surface area contributed by atoms with Gasteiger partial charge >= 0.3 is 0 Å². The zero-order chi connectivity index (χ0) is 19.9.